The fourth-order valence-electron chi connectivity index (χ4n) is 2.07. The minimum absolute atomic E-state index is 0.0931. The number of amides is 2. The van der Waals surface area contributed by atoms with E-state index in [0.717, 1.165) is 0 Å². The summed E-state index contributed by atoms with van der Waals surface area (Å²) in [5.74, 6) is -1.05. The topological polar surface area (TPSA) is 114 Å². The van der Waals surface area contributed by atoms with Crippen LogP contribution in [0.5, 0.6) is 0 Å². The third-order valence-electron chi connectivity index (χ3n) is 3.48. The van der Waals surface area contributed by atoms with E-state index in [0.29, 0.717) is 17.5 Å². The van der Waals surface area contributed by atoms with E-state index in [-0.39, 0.29) is 36.3 Å². The zero-order valence-corrected chi connectivity index (χ0v) is 14.2. The van der Waals surface area contributed by atoms with Crippen LogP contribution in [0.2, 0.25) is 0 Å². The van der Waals surface area contributed by atoms with Crippen LogP contribution in [-0.2, 0) is 4.79 Å². The average Bonchev–Trinajstić information content (AvgIpc) is 2.66. The molecule has 140 valence electrons. The Labute approximate surface area is 154 Å². The SMILES string of the molecule is O=C(CCCNC(=O)c1ccc([N+](=O)[O-])cc1)N/N=C/c1ccc(F)cc1. The third-order valence-corrected chi connectivity index (χ3v) is 3.48. The molecule has 2 rings (SSSR count). The number of nitrogens with one attached hydrogen (secondary N) is 2. The van der Waals surface area contributed by atoms with Crippen LogP contribution in [0.3, 0.4) is 0 Å². The molecule has 9 heteroatoms. The van der Waals surface area contributed by atoms with Crippen LogP contribution in [0.25, 0.3) is 0 Å². The van der Waals surface area contributed by atoms with E-state index in [1.165, 1.54) is 54.7 Å². The summed E-state index contributed by atoms with van der Waals surface area (Å²) in [6.45, 7) is 0.269. The first-order valence-electron chi connectivity index (χ1n) is 8.06. The first kappa shape index (κ1) is 19.7. The van der Waals surface area contributed by atoms with E-state index >= 15 is 0 Å². The lowest BCUT2D eigenvalue weighted by molar-refractivity contribution is -0.384. The summed E-state index contributed by atoms with van der Waals surface area (Å²) < 4.78 is 12.8. The van der Waals surface area contributed by atoms with Crippen LogP contribution in [-0.4, -0.2) is 29.5 Å². The van der Waals surface area contributed by atoms with Crippen molar-refractivity contribution in [3.63, 3.8) is 0 Å². The van der Waals surface area contributed by atoms with Gasteiger partial charge in [-0.25, -0.2) is 9.82 Å². The summed E-state index contributed by atoms with van der Waals surface area (Å²) in [5, 5.41) is 17.0. The zero-order valence-electron chi connectivity index (χ0n) is 14.2. The normalized spacial score (nSPS) is 10.6. The van der Waals surface area contributed by atoms with Crippen molar-refractivity contribution >= 4 is 23.7 Å². The van der Waals surface area contributed by atoms with Gasteiger partial charge in [-0.05, 0) is 36.2 Å². The first-order chi connectivity index (χ1) is 13.0. The highest BCUT2D eigenvalue weighted by Gasteiger charge is 2.09. The van der Waals surface area contributed by atoms with E-state index in [4.69, 9.17) is 0 Å². The van der Waals surface area contributed by atoms with Gasteiger partial charge in [0.05, 0.1) is 11.1 Å². The second-order valence-electron chi connectivity index (χ2n) is 5.51. The standard InChI is InChI=1S/C18H17FN4O4/c19-15-7-3-13(4-8-15)12-21-22-17(24)2-1-11-20-18(25)14-5-9-16(10-6-14)23(26)27/h3-10,12H,1-2,11H2,(H,20,25)(H,22,24)/b21-12+. The minimum Gasteiger partial charge on any atom is -0.352 e. The maximum atomic E-state index is 12.8. The highest BCUT2D eigenvalue weighted by atomic mass is 19.1. The molecule has 0 bridgehead atoms. The van der Waals surface area contributed by atoms with E-state index in [1.807, 2.05) is 0 Å². The smallest absolute Gasteiger partial charge is 0.269 e. The summed E-state index contributed by atoms with van der Waals surface area (Å²) >= 11 is 0. The number of hydrogen-bond donors (Lipinski definition) is 2. The van der Waals surface area contributed by atoms with Gasteiger partial charge >= 0.3 is 0 Å². The van der Waals surface area contributed by atoms with Crippen LogP contribution in [0.1, 0.15) is 28.8 Å². The Morgan fingerprint density at radius 3 is 2.41 bits per heavy atom. The van der Waals surface area contributed by atoms with Crippen molar-refractivity contribution in [3.05, 3.63) is 75.6 Å². The number of benzene rings is 2. The highest BCUT2D eigenvalue weighted by molar-refractivity contribution is 5.94. The Balaban J connectivity index is 1.66. The summed E-state index contributed by atoms with van der Waals surface area (Å²) in [7, 11) is 0. The Kier molecular flexibility index (Phi) is 7.12. The lowest BCUT2D eigenvalue weighted by atomic mass is 10.2. The molecule has 2 amide bonds. The van der Waals surface area contributed by atoms with Crippen molar-refractivity contribution < 1.29 is 18.9 Å². The largest absolute Gasteiger partial charge is 0.352 e. The van der Waals surface area contributed by atoms with Crippen LogP contribution in [0, 0.1) is 15.9 Å². The average molecular weight is 372 g/mol. The molecule has 0 saturated heterocycles. The van der Waals surface area contributed by atoms with Gasteiger partial charge in [-0.2, -0.15) is 5.10 Å². The second kappa shape index (κ2) is 9.76. The summed E-state index contributed by atoms with van der Waals surface area (Å²) in [6, 6.07) is 10.9. The van der Waals surface area contributed by atoms with Crippen LogP contribution in [0.15, 0.2) is 53.6 Å². The molecule has 0 radical (unpaired) electrons. The highest BCUT2D eigenvalue weighted by Crippen LogP contribution is 2.11. The number of carbonyl (C=O) groups is 2. The Bertz CT molecular complexity index is 835. The molecule has 0 unspecified atom stereocenters. The fourth-order valence-corrected chi connectivity index (χ4v) is 2.07. The Morgan fingerprint density at radius 1 is 1.11 bits per heavy atom. The number of nitro groups is 1. The van der Waals surface area contributed by atoms with Crippen molar-refractivity contribution in [2.45, 2.75) is 12.8 Å². The number of hydrazone groups is 1. The number of rotatable bonds is 8. The van der Waals surface area contributed by atoms with Crippen molar-refractivity contribution in [2.24, 2.45) is 5.10 Å². The summed E-state index contributed by atoms with van der Waals surface area (Å²) in [5.41, 5.74) is 3.19. The molecule has 0 aromatic heterocycles. The minimum atomic E-state index is -0.543. The zero-order chi connectivity index (χ0) is 19.6. The third kappa shape index (κ3) is 6.65. The molecule has 0 atom stereocenters. The van der Waals surface area contributed by atoms with E-state index in [2.05, 4.69) is 15.8 Å². The Morgan fingerprint density at radius 2 is 1.78 bits per heavy atom. The molecule has 0 saturated carbocycles. The van der Waals surface area contributed by atoms with Gasteiger partial charge in [0.25, 0.3) is 11.6 Å². The molecule has 0 aliphatic heterocycles. The maximum absolute atomic E-state index is 12.8. The van der Waals surface area contributed by atoms with E-state index in [1.54, 1.807) is 0 Å². The first-order valence-corrected chi connectivity index (χ1v) is 8.06. The van der Waals surface area contributed by atoms with Gasteiger partial charge < -0.3 is 5.32 Å². The second-order valence-corrected chi connectivity index (χ2v) is 5.51. The van der Waals surface area contributed by atoms with E-state index in [9.17, 15) is 24.1 Å². The molecule has 0 fully saturated rings. The lowest BCUT2D eigenvalue weighted by Gasteiger charge is -2.05. The van der Waals surface area contributed by atoms with Gasteiger partial charge in [-0.3, -0.25) is 19.7 Å². The molecule has 2 aromatic carbocycles. The maximum Gasteiger partial charge on any atom is 0.269 e. The number of carbonyl (C=O) groups excluding carboxylic acids is 2. The lowest BCUT2D eigenvalue weighted by Crippen LogP contribution is -2.26. The van der Waals surface area contributed by atoms with Crippen molar-refractivity contribution in [1.82, 2.24) is 10.7 Å². The van der Waals surface area contributed by atoms with Crippen molar-refractivity contribution in [3.8, 4) is 0 Å². The molecular weight excluding hydrogens is 355 g/mol. The molecule has 0 aliphatic carbocycles. The van der Waals surface area contributed by atoms with Gasteiger partial charge in [0, 0.05) is 30.7 Å². The Hall–Kier alpha value is -3.62. The number of non-ortho nitro benzene ring substituents is 1. The molecule has 27 heavy (non-hydrogen) atoms. The fraction of sp³-hybridized carbons (Fsp3) is 0.167. The van der Waals surface area contributed by atoms with Gasteiger partial charge in [0.15, 0.2) is 0 Å². The number of halogens is 1. The van der Waals surface area contributed by atoms with Gasteiger partial charge in [0.2, 0.25) is 5.91 Å². The summed E-state index contributed by atoms with van der Waals surface area (Å²) in [6.07, 6.45) is 1.95. The van der Waals surface area contributed by atoms with Gasteiger partial charge in [0.1, 0.15) is 5.82 Å². The molecule has 0 heterocycles. The molecule has 0 aliphatic rings. The predicted octanol–water partition coefficient (Wildman–Crippen LogP) is 2.39. The predicted molar refractivity (Wildman–Crippen MR) is 96.8 cm³/mol. The quantitative estimate of drug-likeness (QED) is 0.320. The molecule has 2 N–H and O–H groups in total. The van der Waals surface area contributed by atoms with Crippen molar-refractivity contribution in [2.75, 3.05) is 6.54 Å². The number of nitro benzene ring substituents is 1. The molecule has 2 aromatic rings. The monoisotopic (exact) mass is 372 g/mol. The summed E-state index contributed by atoms with van der Waals surface area (Å²) in [4.78, 5) is 33.6. The van der Waals surface area contributed by atoms with E-state index < -0.39 is 4.92 Å². The molecule has 8 nitrogen and oxygen atoms in total. The number of nitrogens with zero attached hydrogens (tertiary/aromatic N) is 2. The molecular formula is C18H17FN4O4. The van der Waals surface area contributed by atoms with Crippen LogP contribution in [0.4, 0.5) is 10.1 Å². The molecule has 0 spiro atoms. The van der Waals surface area contributed by atoms with Crippen LogP contribution >= 0.6 is 0 Å². The van der Waals surface area contributed by atoms with Crippen LogP contribution < -0.4 is 10.7 Å². The van der Waals surface area contributed by atoms with Gasteiger partial charge in [-0.1, -0.05) is 12.1 Å². The van der Waals surface area contributed by atoms with Gasteiger partial charge in [-0.15, -0.1) is 0 Å². The number of hydrogen-bond acceptors (Lipinski definition) is 5. The van der Waals surface area contributed by atoms with Crippen molar-refractivity contribution in [1.29, 1.82) is 0 Å².